The van der Waals surface area contributed by atoms with Crippen molar-refractivity contribution in [1.29, 1.82) is 0 Å². The number of hydrogen-bond acceptors (Lipinski definition) is 3. The van der Waals surface area contributed by atoms with E-state index in [0.717, 1.165) is 0 Å². The van der Waals surface area contributed by atoms with Crippen LogP contribution in [0.1, 0.15) is 25.3 Å². The smallest absolute Gasteiger partial charge is 0.407 e. The summed E-state index contributed by atoms with van der Waals surface area (Å²) in [7, 11) is 1.28. The van der Waals surface area contributed by atoms with Crippen molar-refractivity contribution in [3.05, 3.63) is 35.9 Å². The molecule has 1 unspecified atom stereocenters. The summed E-state index contributed by atoms with van der Waals surface area (Å²) in [5.74, 6) is 2.51. The summed E-state index contributed by atoms with van der Waals surface area (Å²) in [6.07, 6.45) is 5.58. The van der Waals surface area contributed by atoms with Gasteiger partial charge in [0.1, 0.15) is 5.60 Å². The Kier molecular flexibility index (Phi) is 5.40. The van der Waals surface area contributed by atoms with Crippen LogP contribution in [0.25, 0.3) is 0 Å². The molecule has 0 bridgehead atoms. The van der Waals surface area contributed by atoms with Crippen molar-refractivity contribution in [3.8, 4) is 12.3 Å². The van der Waals surface area contributed by atoms with Crippen molar-refractivity contribution in [2.75, 3.05) is 7.11 Å². The Morgan fingerprint density at radius 1 is 1.53 bits per heavy atom. The average molecular weight is 261 g/mol. The topological polar surface area (TPSA) is 58.6 Å². The van der Waals surface area contributed by atoms with Crippen LogP contribution in [0, 0.1) is 12.3 Å². The zero-order valence-electron chi connectivity index (χ0n) is 11.2. The minimum absolute atomic E-state index is 0.456. The van der Waals surface area contributed by atoms with Crippen molar-refractivity contribution in [2.24, 2.45) is 0 Å². The molecule has 0 fully saturated rings. The molecule has 0 aliphatic carbocycles. The van der Waals surface area contributed by atoms with Crippen LogP contribution in [-0.4, -0.2) is 24.4 Å². The molecular formula is C15H19NO3. The Morgan fingerprint density at radius 2 is 2.16 bits per heavy atom. The Balaban J connectivity index is 2.94. The van der Waals surface area contributed by atoms with Crippen molar-refractivity contribution < 1.29 is 14.6 Å². The third kappa shape index (κ3) is 4.01. The van der Waals surface area contributed by atoms with E-state index in [1.54, 1.807) is 6.92 Å². The van der Waals surface area contributed by atoms with E-state index < -0.39 is 17.7 Å². The number of amides is 1. The summed E-state index contributed by atoms with van der Waals surface area (Å²) in [5.41, 5.74) is -0.500. The van der Waals surface area contributed by atoms with E-state index in [1.807, 2.05) is 30.3 Å². The molecule has 1 rings (SSSR count). The second-order valence-electron chi connectivity index (χ2n) is 4.44. The molecule has 0 aliphatic heterocycles. The largest absolute Gasteiger partial charge is 0.453 e. The predicted molar refractivity (Wildman–Crippen MR) is 73.4 cm³/mol. The fourth-order valence-corrected chi connectivity index (χ4v) is 1.90. The molecule has 102 valence electrons. The van der Waals surface area contributed by atoms with Gasteiger partial charge in [-0.1, -0.05) is 30.3 Å². The molecule has 19 heavy (non-hydrogen) atoms. The van der Waals surface area contributed by atoms with Gasteiger partial charge in [0.15, 0.2) is 0 Å². The van der Waals surface area contributed by atoms with E-state index in [9.17, 15) is 9.90 Å². The highest BCUT2D eigenvalue weighted by molar-refractivity contribution is 5.67. The number of methoxy groups -OCH3 is 1. The molecule has 0 radical (unpaired) electrons. The second-order valence-corrected chi connectivity index (χ2v) is 4.44. The van der Waals surface area contributed by atoms with Crippen molar-refractivity contribution >= 4 is 6.09 Å². The van der Waals surface area contributed by atoms with E-state index in [1.165, 1.54) is 7.11 Å². The van der Waals surface area contributed by atoms with E-state index in [2.05, 4.69) is 16.0 Å². The normalized spacial score (nSPS) is 14.8. The summed E-state index contributed by atoms with van der Waals surface area (Å²) in [4.78, 5) is 11.4. The van der Waals surface area contributed by atoms with Crippen LogP contribution in [0.4, 0.5) is 4.79 Å². The zero-order valence-corrected chi connectivity index (χ0v) is 11.2. The molecule has 0 saturated heterocycles. The number of ether oxygens (including phenoxy) is 1. The molecule has 1 amide bonds. The maximum absolute atomic E-state index is 11.4. The van der Waals surface area contributed by atoms with Crippen molar-refractivity contribution in [1.82, 2.24) is 5.32 Å². The van der Waals surface area contributed by atoms with Gasteiger partial charge in [0.05, 0.1) is 13.2 Å². The molecule has 1 aromatic carbocycles. The van der Waals surface area contributed by atoms with Crippen LogP contribution in [0.15, 0.2) is 30.3 Å². The molecule has 2 atom stereocenters. The van der Waals surface area contributed by atoms with E-state index in [-0.39, 0.29) is 0 Å². The highest BCUT2D eigenvalue weighted by Gasteiger charge is 2.34. The zero-order chi connectivity index (χ0) is 14.3. The minimum atomic E-state index is -1.22. The molecule has 0 aliphatic rings. The maximum Gasteiger partial charge on any atom is 0.407 e. The fourth-order valence-electron chi connectivity index (χ4n) is 1.90. The third-order valence-electron chi connectivity index (χ3n) is 3.09. The Hall–Kier alpha value is -1.99. The predicted octanol–water partition coefficient (Wildman–Crippen LogP) is 2.03. The van der Waals surface area contributed by atoms with Crippen LogP contribution in [-0.2, 0) is 10.3 Å². The molecule has 0 saturated carbocycles. The fraction of sp³-hybridized carbons (Fsp3) is 0.400. The number of carbonyl (C=O) groups excluding carboxylic acids is 1. The van der Waals surface area contributed by atoms with Gasteiger partial charge in [0.2, 0.25) is 0 Å². The number of benzene rings is 1. The third-order valence-corrected chi connectivity index (χ3v) is 3.09. The maximum atomic E-state index is 11.4. The number of rotatable bonds is 5. The summed E-state index contributed by atoms with van der Waals surface area (Å²) >= 11 is 0. The van der Waals surface area contributed by atoms with Gasteiger partial charge >= 0.3 is 6.09 Å². The minimum Gasteiger partial charge on any atom is -0.453 e. The van der Waals surface area contributed by atoms with Gasteiger partial charge in [-0.2, -0.15) is 0 Å². The summed E-state index contributed by atoms with van der Waals surface area (Å²) in [5, 5.41) is 13.3. The first-order valence-electron chi connectivity index (χ1n) is 6.08. The lowest BCUT2D eigenvalue weighted by Gasteiger charge is -2.33. The SMILES string of the molecule is C#CCC[C@@H](NC(=O)OC)C(C)(O)c1ccccc1. The molecule has 0 spiro atoms. The molecular weight excluding hydrogens is 242 g/mol. The molecule has 0 aromatic heterocycles. The van der Waals surface area contributed by atoms with Crippen molar-refractivity contribution in [3.63, 3.8) is 0 Å². The molecule has 4 heteroatoms. The average Bonchev–Trinajstić information content (AvgIpc) is 2.43. The van der Waals surface area contributed by atoms with Gasteiger partial charge in [-0.05, 0) is 18.9 Å². The van der Waals surface area contributed by atoms with Crippen LogP contribution in [0.3, 0.4) is 0 Å². The van der Waals surface area contributed by atoms with E-state index in [0.29, 0.717) is 18.4 Å². The highest BCUT2D eigenvalue weighted by Crippen LogP contribution is 2.27. The van der Waals surface area contributed by atoms with Crippen LogP contribution in [0.5, 0.6) is 0 Å². The first kappa shape index (κ1) is 15.1. The lowest BCUT2D eigenvalue weighted by Crippen LogP contribution is -2.49. The van der Waals surface area contributed by atoms with Gasteiger partial charge < -0.3 is 15.2 Å². The first-order chi connectivity index (χ1) is 9.02. The molecule has 1 aromatic rings. The number of alkyl carbamates (subject to hydrolysis) is 1. The number of aliphatic hydroxyl groups is 1. The number of nitrogens with one attached hydrogen (secondary N) is 1. The lowest BCUT2D eigenvalue weighted by atomic mass is 9.86. The number of hydrogen-bond donors (Lipinski definition) is 2. The second kappa shape index (κ2) is 6.81. The first-order valence-corrected chi connectivity index (χ1v) is 6.08. The van der Waals surface area contributed by atoms with E-state index in [4.69, 9.17) is 6.42 Å². The van der Waals surface area contributed by atoms with Gasteiger partial charge in [-0.25, -0.2) is 4.79 Å². The Bertz CT molecular complexity index is 448. The Labute approximate surface area is 113 Å². The monoisotopic (exact) mass is 261 g/mol. The molecule has 0 heterocycles. The van der Waals surface area contributed by atoms with E-state index >= 15 is 0 Å². The summed E-state index contributed by atoms with van der Waals surface area (Å²) in [6.45, 7) is 1.65. The number of terminal acetylenes is 1. The van der Waals surface area contributed by atoms with Gasteiger partial charge in [-0.15, -0.1) is 12.3 Å². The summed E-state index contributed by atoms with van der Waals surface area (Å²) in [6, 6.07) is 8.63. The standard InChI is InChI=1S/C15H19NO3/c1-4-5-11-13(16-14(17)19-3)15(2,18)12-9-7-6-8-10-12/h1,6-10,13,18H,5,11H2,2-3H3,(H,16,17)/t13-,15?/m1/s1. The van der Waals surface area contributed by atoms with Crippen LogP contribution in [0.2, 0.25) is 0 Å². The van der Waals surface area contributed by atoms with Gasteiger partial charge in [-0.3, -0.25) is 0 Å². The van der Waals surface area contributed by atoms with Gasteiger partial charge in [0.25, 0.3) is 0 Å². The molecule has 2 N–H and O–H groups in total. The van der Waals surface area contributed by atoms with Crippen LogP contribution >= 0.6 is 0 Å². The lowest BCUT2D eigenvalue weighted by molar-refractivity contribution is 0.0123. The van der Waals surface area contributed by atoms with Crippen LogP contribution < -0.4 is 5.32 Å². The quantitative estimate of drug-likeness (QED) is 0.797. The summed E-state index contributed by atoms with van der Waals surface area (Å²) < 4.78 is 4.58. The van der Waals surface area contributed by atoms with Gasteiger partial charge in [0, 0.05) is 6.42 Å². The Morgan fingerprint density at radius 3 is 2.68 bits per heavy atom. The number of carbonyl (C=O) groups is 1. The highest BCUT2D eigenvalue weighted by atomic mass is 16.5. The molecule has 4 nitrogen and oxygen atoms in total. The van der Waals surface area contributed by atoms with Crippen molar-refractivity contribution in [2.45, 2.75) is 31.4 Å².